The topological polar surface area (TPSA) is 93.7 Å². The van der Waals surface area contributed by atoms with E-state index in [1.54, 1.807) is 38.1 Å². The second-order valence-corrected chi connectivity index (χ2v) is 4.84. The molecule has 2 N–H and O–H groups in total. The predicted molar refractivity (Wildman–Crippen MR) is 84.9 cm³/mol. The van der Waals surface area contributed by atoms with Gasteiger partial charge in [0.15, 0.2) is 0 Å². The normalized spacial score (nSPS) is 11.3. The van der Waals surface area contributed by atoms with Gasteiger partial charge in [-0.05, 0) is 31.5 Å². The van der Waals surface area contributed by atoms with Crippen molar-refractivity contribution in [3.8, 4) is 0 Å². The smallest absolute Gasteiger partial charge is 0.407 e. The molecule has 0 heterocycles. The largest absolute Gasteiger partial charge is 0.458 e. The number of esters is 1. The van der Waals surface area contributed by atoms with Crippen LogP contribution in [0.4, 0.5) is 10.5 Å². The van der Waals surface area contributed by atoms with Gasteiger partial charge >= 0.3 is 12.1 Å². The first-order chi connectivity index (χ1) is 10.9. The van der Waals surface area contributed by atoms with Crippen molar-refractivity contribution in [1.29, 1.82) is 0 Å². The quantitative estimate of drug-likeness (QED) is 0.752. The third-order valence-electron chi connectivity index (χ3n) is 2.86. The number of carbonyl (C=O) groups excluding carboxylic acids is 3. The van der Waals surface area contributed by atoms with Crippen molar-refractivity contribution in [2.75, 3.05) is 18.5 Å². The van der Waals surface area contributed by atoms with E-state index in [0.717, 1.165) is 5.56 Å². The van der Waals surface area contributed by atoms with E-state index >= 15 is 0 Å². The summed E-state index contributed by atoms with van der Waals surface area (Å²) in [7, 11) is 0. The number of hydrogen-bond donors (Lipinski definition) is 2. The first-order valence-corrected chi connectivity index (χ1v) is 7.40. The summed E-state index contributed by atoms with van der Waals surface area (Å²) >= 11 is 0. The monoisotopic (exact) mass is 322 g/mol. The number of amides is 2. The molecule has 23 heavy (non-hydrogen) atoms. The molecule has 1 unspecified atom stereocenters. The maximum absolute atomic E-state index is 11.7. The van der Waals surface area contributed by atoms with Crippen molar-refractivity contribution in [3.05, 3.63) is 29.8 Å². The van der Waals surface area contributed by atoms with Crippen LogP contribution in [0.5, 0.6) is 0 Å². The molecule has 1 rings (SSSR count). The fourth-order valence-corrected chi connectivity index (χ4v) is 1.85. The highest BCUT2D eigenvalue weighted by atomic mass is 16.5. The summed E-state index contributed by atoms with van der Waals surface area (Å²) in [5, 5.41) is 5.12. The van der Waals surface area contributed by atoms with Gasteiger partial charge < -0.3 is 20.1 Å². The van der Waals surface area contributed by atoms with Crippen LogP contribution in [0.3, 0.4) is 0 Å². The molecule has 7 nitrogen and oxygen atoms in total. The molecule has 0 saturated carbocycles. The van der Waals surface area contributed by atoms with Crippen molar-refractivity contribution in [2.24, 2.45) is 0 Å². The Kier molecular flexibility index (Phi) is 7.59. The molecule has 0 bridgehead atoms. The Balaban J connectivity index is 2.45. The van der Waals surface area contributed by atoms with Crippen LogP contribution in [0.1, 0.15) is 38.9 Å². The lowest BCUT2D eigenvalue weighted by Gasteiger charge is -2.15. The summed E-state index contributed by atoms with van der Waals surface area (Å²) in [5.41, 5.74) is 1.41. The SMILES string of the molecule is CCOC(=O)NCCC(=O)OC(C)c1cccc(NC(C)=O)c1. The van der Waals surface area contributed by atoms with Gasteiger partial charge in [0.25, 0.3) is 0 Å². The van der Waals surface area contributed by atoms with Crippen LogP contribution in [0, 0.1) is 0 Å². The Bertz CT molecular complexity index is 559. The molecule has 0 saturated heterocycles. The summed E-state index contributed by atoms with van der Waals surface area (Å²) < 4.78 is 9.98. The number of anilines is 1. The summed E-state index contributed by atoms with van der Waals surface area (Å²) in [6.07, 6.45) is -0.968. The van der Waals surface area contributed by atoms with E-state index < -0.39 is 18.2 Å². The summed E-state index contributed by atoms with van der Waals surface area (Å²) in [6, 6.07) is 7.08. The number of carbonyl (C=O) groups is 3. The molecule has 0 radical (unpaired) electrons. The van der Waals surface area contributed by atoms with E-state index in [-0.39, 0.29) is 25.5 Å². The van der Waals surface area contributed by atoms with Gasteiger partial charge in [0.05, 0.1) is 13.0 Å². The molecular formula is C16H22N2O5. The fourth-order valence-electron chi connectivity index (χ4n) is 1.85. The Labute approximate surface area is 135 Å². The zero-order valence-electron chi connectivity index (χ0n) is 13.5. The molecule has 7 heteroatoms. The molecule has 126 valence electrons. The van der Waals surface area contributed by atoms with E-state index in [4.69, 9.17) is 4.74 Å². The van der Waals surface area contributed by atoms with Gasteiger partial charge in [-0.2, -0.15) is 0 Å². The third kappa shape index (κ3) is 7.30. The highest BCUT2D eigenvalue weighted by Gasteiger charge is 2.13. The van der Waals surface area contributed by atoms with Gasteiger partial charge in [0.1, 0.15) is 6.10 Å². The molecule has 0 spiro atoms. The standard InChI is InChI=1S/C16H22N2O5/c1-4-22-16(21)17-9-8-15(20)23-11(2)13-6-5-7-14(10-13)18-12(3)19/h5-7,10-11H,4,8-9H2,1-3H3,(H,17,21)(H,18,19). The second kappa shape index (κ2) is 9.45. The molecule has 0 aliphatic carbocycles. The summed E-state index contributed by atoms with van der Waals surface area (Å²) in [6.45, 7) is 5.29. The zero-order chi connectivity index (χ0) is 17.2. The van der Waals surface area contributed by atoms with Gasteiger partial charge in [-0.25, -0.2) is 4.79 Å². The van der Waals surface area contributed by atoms with Gasteiger partial charge in [-0.3, -0.25) is 9.59 Å². The van der Waals surface area contributed by atoms with Crippen molar-refractivity contribution in [3.63, 3.8) is 0 Å². The Morgan fingerprint density at radius 1 is 1.26 bits per heavy atom. The molecule has 1 atom stereocenters. The van der Waals surface area contributed by atoms with E-state index in [9.17, 15) is 14.4 Å². The maximum Gasteiger partial charge on any atom is 0.407 e. The van der Waals surface area contributed by atoms with Crippen LogP contribution in [-0.4, -0.2) is 31.1 Å². The summed E-state index contributed by atoms with van der Waals surface area (Å²) in [5.74, 6) is -0.601. The summed E-state index contributed by atoms with van der Waals surface area (Å²) in [4.78, 5) is 33.9. The maximum atomic E-state index is 11.7. The molecule has 1 aromatic carbocycles. The molecule has 0 fully saturated rings. The number of hydrogen-bond acceptors (Lipinski definition) is 5. The average molecular weight is 322 g/mol. The van der Waals surface area contributed by atoms with E-state index in [1.165, 1.54) is 6.92 Å². The van der Waals surface area contributed by atoms with Crippen molar-refractivity contribution < 1.29 is 23.9 Å². The minimum absolute atomic E-state index is 0.0501. The zero-order valence-corrected chi connectivity index (χ0v) is 13.5. The second-order valence-electron chi connectivity index (χ2n) is 4.84. The lowest BCUT2D eigenvalue weighted by Crippen LogP contribution is -2.27. The molecule has 0 aliphatic heterocycles. The van der Waals surface area contributed by atoms with Crippen LogP contribution < -0.4 is 10.6 Å². The van der Waals surface area contributed by atoms with E-state index in [1.807, 2.05) is 0 Å². The average Bonchev–Trinajstić information content (AvgIpc) is 2.47. The van der Waals surface area contributed by atoms with Crippen LogP contribution >= 0.6 is 0 Å². The number of alkyl carbamates (subject to hydrolysis) is 1. The van der Waals surface area contributed by atoms with Crippen molar-refractivity contribution >= 4 is 23.7 Å². The highest BCUT2D eigenvalue weighted by Crippen LogP contribution is 2.20. The number of nitrogens with one attached hydrogen (secondary N) is 2. The van der Waals surface area contributed by atoms with E-state index in [0.29, 0.717) is 5.69 Å². The van der Waals surface area contributed by atoms with Gasteiger partial charge in [-0.1, -0.05) is 12.1 Å². The Morgan fingerprint density at radius 3 is 2.65 bits per heavy atom. The van der Waals surface area contributed by atoms with Crippen molar-refractivity contribution in [1.82, 2.24) is 5.32 Å². The molecule has 1 aromatic rings. The lowest BCUT2D eigenvalue weighted by atomic mass is 10.1. The Hall–Kier alpha value is -2.57. The number of ether oxygens (including phenoxy) is 2. The van der Waals surface area contributed by atoms with E-state index in [2.05, 4.69) is 15.4 Å². The highest BCUT2D eigenvalue weighted by molar-refractivity contribution is 5.88. The van der Waals surface area contributed by atoms with Crippen LogP contribution in [0.2, 0.25) is 0 Å². The molecule has 2 amide bonds. The van der Waals surface area contributed by atoms with Gasteiger partial charge in [0, 0.05) is 19.2 Å². The van der Waals surface area contributed by atoms with Crippen LogP contribution in [0.15, 0.2) is 24.3 Å². The fraction of sp³-hybridized carbons (Fsp3) is 0.438. The number of rotatable bonds is 7. The van der Waals surface area contributed by atoms with Crippen LogP contribution in [0.25, 0.3) is 0 Å². The lowest BCUT2D eigenvalue weighted by molar-refractivity contribution is -0.148. The predicted octanol–water partition coefficient (Wildman–Crippen LogP) is 2.39. The minimum atomic E-state index is -0.559. The Morgan fingerprint density at radius 2 is 2.00 bits per heavy atom. The molecular weight excluding hydrogens is 300 g/mol. The first kappa shape index (κ1) is 18.5. The van der Waals surface area contributed by atoms with Crippen molar-refractivity contribution in [2.45, 2.75) is 33.3 Å². The minimum Gasteiger partial charge on any atom is -0.458 e. The molecule has 0 aliphatic rings. The van der Waals surface area contributed by atoms with Gasteiger partial charge in [0.2, 0.25) is 5.91 Å². The number of benzene rings is 1. The first-order valence-electron chi connectivity index (χ1n) is 7.40. The molecule has 0 aromatic heterocycles. The van der Waals surface area contributed by atoms with Gasteiger partial charge in [-0.15, -0.1) is 0 Å². The third-order valence-corrected chi connectivity index (χ3v) is 2.86. The van der Waals surface area contributed by atoms with Crippen LogP contribution in [-0.2, 0) is 19.1 Å².